The lowest BCUT2D eigenvalue weighted by atomic mass is 9.82. The molecule has 3 heterocycles. The molecule has 11 heteroatoms. The van der Waals surface area contributed by atoms with E-state index in [-0.39, 0.29) is 22.1 Å². The monoisotopic (exact) mass is 491 g/mol. The number of nitrogens with zero attached hydrogens (tertiary/aromatic N) is 2. The molecule has 3 aromatic rings. The van der Waals surface area contributed by atoms with E-state index in [4.69, 9.17) is 14.5 Å². The van der Waals surface area contributed by atoms with Crippen LogP contribution in [-0.2, 0) is 14.8 Å². The van der Waals surface area contributed by atoms with E-state index in [1.807, 2.05) is 13.0 Å². The second-order valence-electron chi connectivity index (χ2n) is 8.58. The van der Waals surface area contributed by atoms with Gasteiger partial charge in [0, 0.05) is 31.1 Å². The van der Waals surface area contributed by atoms with Gasteiger partial charge in [-0.15, -0.1) is 0 Å². The van der Waals surface area contributed by atoms with E-state index in [9.17, 15) is 8.42 Å². The van der Waals surface area contributed by atoms with Gasteiger partial charge in [-0.2, -0.15) is 0 Å². The van der Waals surface area contributed by atoms with Gasteiger partial charge in [0.05, 0.1) is 17.7 Å². The van der Waals surface area contributed by atoms with Crippen LogP contribution in [0.3, 0.4) is 0 Å². The molecule has 33 heavy (non-hydrogen) atoms. The summed E-state index contributed by atoms with van der Waals surface area (Å²) in [6.45, 7) is 7.88. The fourth-order valence-corrected chi connectivity index (χ4v) is 6.35. The minimum atomic E-state index is -3.92. The van der Waals surface area contributed by atoms with E-state index in [1.54, 1.807) is 18.3 Å². The third-order valence-electron chi connectivity index (χ3n) is 5.91. The van der Waals surface area contributed by atoms with Crippen LogP contribution in [0.15, 0.2) is 35.5 Å². The third-order valence-corrected chi connectivity index (χ3v) is 8.39. The number of rotatable bonds is 8. The van der Waals surface area contributed by atoms with Crippen LogP contribution < -0.4 is 14.8 Å². The second kappa shape index (κ2) is 9.32. The molecule has 1 saturated heterocycles. The van der Waals surface area contributed by atoms with Gasteiger partial charge < -0.3 is 19.8 Å². The Bertz CT molecular complexity index is 1200. The van der Waals surface area contributed by atoms with Crippen LogP contribution in [0.1, 0.15) is 32.4 Å². The Hall–Kier alpha value is -2.63. The molecule has 0 bridgehead atoms. The Morgan fingerprint density at radius 2 is 2.03 bits per heavy atom. The summed E-state index contributed by atoms with van der Waals surface area (Å²) in [5.74, 6) is 0.876. The highest BCUT2D eigenvalue weighted by Gasteiger charge is 2.32. The Morgan fingerprint density at radius 3 is 2.70 bits per heavy atom. The molecule has 0 radical (unpaired) electrons. The van der Waals surface area contributed by atoms with E-state index in [0.717, 1.165) is 47.3 Å². The summed E-state index contributed by atoms with van der Waals surface area (Å²) in [4.78, 5) is 12.3. The molecule has 0 amide bonds. The number of hydrogen-bond acceptors (Lipinski definition) is 8. The van der Waals surface area contributed by atoms with Crippen molar-refractivity contribution in [3.8, 4) is 16.2 Å². The predicted octanol–water partition coefficient (Wildman–Crippen LogP) is 4.27. The van der Waals surface area contributed by atoms with E-state index in [0.29, 0.717) is 5.92 Å². The van der Waals surface area contributed by atoms with Crippen molar-refractivity contribution >= 4 is 32.4 Å². The van der Waals surface area contributed by atoms with Crippen molar-refractivity contribution in [2.45, 2.75) is 44.0 Å². The first-order chi connectivity index (χ1) is 15.7. The molecular weight excluding hydrogens is 462 g/mol. The van der Waals surface area contributed by atoms with Crippen molar-refractivity contribution < 1.29 is 17.9 Å². The standard InChI is InChI=1S/C22H29N5O4S2/c1-14-19(32-21(25-14)26-22(2,3)16-7-11-31-12-8-16)15-5-6-17(30-4)18(13-15)33(28,29)27-20-23-9-10-24-20/h5-6,9-10,13,16H,7-8,11-12H2,1-4H3,(H,25,26)(H2,23,24,27). The minimum absolute atomic E-state index is 0.0312. The molecule has 0 saturated carbocycles. The molecule has 1 aromatic carbocycles. The van der Waals surface area contributed by atoms with Crippen LogP contribution in [0, 0.1) is 12.8 Å². The zero-order valence-corrected chi connectivity index (χ0v) is 20.8. The van der Waals surface area contributed by atoms with Crippen LogP contribution in [0.2, 0.25) is 0 Å². The normalized spacial score (nSPS) is 15.4. The topological polar surface area (TPSA) is 118 Å². The molecule has 4 rings (SSSR count). The number of sulfonamides is 1. The highest BCUT2D eigenvalue weighted by Crippen LogP contribution is 2.39. The van der Waals surface area contributed by atoms with Crippen molar-refractivity contribution in [1.82, 2.24) is 15.0 Å². The van der Waals surface area contributed by atoms with E-state index in [1.165, 1.54) is 24.6 Å². The number of anilines is 2. The summed E-state index contributed by atoms with van der Waals surface area (Å²) in [6, 6.07) is 5.11. The van der Waals surface area contributed by atoms with Crippen molar-refractivity contribution in [1.29, 1.82) is 0 Å². The van der Waals surface area contributed by atoms with E-state index >= 15 is 0 Å². The van der Waals surface area contributed by atoms with Gasteiger partial charge >= 0.3 is 0 Å². The Morgan fingerprint density at radius 1 is 1.27 bits per heavy atom. The Labute approximate surface area is 198 Å². The number of thiazole rings is 1. The van der Waals surface area contributed by atoms with Crippen LogP contribution in [0.4, 0.5) is 11.1 Å². The molecule has 1 aliphatic rings. The van der Waals surface area contributed by atoms with Crippen molar-refractivity contribution in [3.63, 3.8) is 0 Å². The minimum Gasteiger partial charge on any atom is -0.495 e. The fraction of sp³-hybridized carbons (Fsp3) is 0.455. The van der Waals surface area contributed by atoms with Crippen molar-refractivity contribution in [2.75, 3.05) is 30.4 Å². The first-order valence-electron chi connectivity index (χ1n) is 10.7. The summed E-state index contributed by atoms with van der Waals surface area (Å²) < 4.78 is 39.3. The smallest absolute Gasteiger partial charge is 0.267 e. The quantitative estimate of drug-likeness (QED) is 0.431. The maximum atomic E-state index is 13.0. The SMILES string of the molecule is COc1ccc(-c2sc(NC(C)(C)C3CCOCC3)nc2C)cc1S(=O)(=O)Nc1ncc[nH]1. The lowest BCUT2D eigenvalue weighted by molar-refractivity contribution is 0.0491. The van der Waals surface area contributed by atoms with Gasteiger partial charge in [-0.05, 0) is 63.3 Å². The zero-order valence-electron chi connectivity index (χ0n) is 19.1. The van der Waals surface area contributed by atoms with Crippen molar-refractivity contribution in [2.24, 2.45) is 5.92 Å². The first kappa shape index (κ1) is 23.5. The van der Waals surface area contributed by atoms with Crippen LogP contribution in [-0.4, -0.2) is 49.2 Å². The Kier molecular flexibility index (Phi) is 6.64. The number of aromatic nitrogens is 3. The molecule has 0 aliphatic carbocycles. The molecule has 0 spiro atoms. The molecular formula is C22H29N5O4S2. The van der Waals surface area contributed by atoms with Gasteiger partial charge in [0.2, 0.25) is 5.95 Å². The average molecular weight is 492 g/mol. The van der Waals surface area contributed by atoms with Gasteiger partial charge in [-0.1, -0.05) is 11.3 Å². The number of nitrogens with one attached hydrogen (secondary N) is 3. The number of aromatic amines is 1. The zero-order chi connectivity index (χ0) is 23.6. The summed E-state index contributed by atoms with van der Waals surface area (Å²) >= 11 is 1.51. The van der Waals surface area contributed by atoms with Gasteiger partial charge in [0.25, 0.3) is 10.0 Å². The molecule has 178 valence electrons. The first-order valence-corrected chi connectivity index (χ1v) is 13.0. The lowest BCUT2D eigenvalue weighted by Gasteiger charge is -2.37. The van der Waals surface area contributed by atoms with Crippen LogP contribution in [0.5, 0.6) is 5.75 Å². The maximum Gasteiger partial charge on any atom is 0.267 e. The third kappa shape index (κ3) is 5.15. The molecule has 1 aliphatic heterocycles. The Balaban J connectivity index is 1.63. The number of imidazole rings is 1. The number of ether oxygens (including phenoxy) is 2. The fourth-order valence-electron chi connectivity index (χ4n) is 4.05. The number of aryl methyl sites for hydroxylation is 1. The highest BCUT2D eigenvalue weighted by atomic mass is 32.2. The van der Waals surface area contributed by atoms with Crippen LogP contribution >= 0.6 is 11.3 Å². The summed E-state index contributed by atoms with van der Waals surface area (Å²) in [5.41, 5.74) is 1.45. The number of H-pyrrole nitrogens is 1. The molecule has 0 atom stereocenters. The molecule has 1 fully saturated rings. The van der Waals surface area contributed by atoms with Gasteiger partial charge in [0.1, 0.15) is 10.6 Å². The average Bonchev–Trinajstić information content (AvgIpc) is 3.42. The summed E-state index contributed by atoms with van der Waals surface area (Å²) in [7, 11) is -2.47. The van der Waals surface area contributed by atoms with Gasteiger partial charge in [0.15, 0.2) is 5.13 Å². The van der Waals surface area contributed by atoms with Crippen molar-refractivity contribution in [3.05, 3.63) is 36.3 Å². The summed E-state index contributed by atoms with van der Waals surface area (Å²) in [6.07, 6.45) is 5.05. The summed E-state index contributed by atoms with van der Waals surface area (Å²) in [5, 5.41) is 4.41. The van der Waals surface area contributed by atoms with E-state index in [2.05, 4.69) is 33.9 Å². The number of hydrogen-bond donors (Lipinski definition) is 3. The molecule has 3 N–H and O–H groups in total. The molecule has 2 aromatic heterocycles. The largest absolute Gasteiger partial charge is 0.495 e. The lowest BCUT2D eigenvalue weighted by Crippen LogP contribution is -2.42. The van der Waals surface area contributed by atoms with E-state index < -0.39 is 10.0 Å². The maximum absolute atomic E-state index is 13.0. The molecule has 0 unspecified atom stereocenters. The predicted molar refractivity (Wildman–Crippen MR) is 129 cm³/mol. The highest BCUT2D eigenvalue weighted by molar-refractivity contribution is 7.92. The number of benzene rings is 1. The van der Waals surface area contributed by atoms with Crippen LogP contribution in [0.25, 0.3) is 10.4 Å². The second-order valence-corrected chi connectivity index (χ2v) is 11.2. The number of methoxy groups -OCH3 is 1. The molecule has 9 nitrogen and oxygen atoms in total. The van der Waals surface area contributed by atoms with Gasteiger partial charge in [-0.3, -0.25) is 0 Å². The van der Waals surface area contributed by atoms with Gasteiger partial charge in [-0.25, -0.2) is 23.1 Å².